The first-order valence-corrected chi connectivity index (χ1v) is 4.73. The average Bonchev–Trinajstić information content (AvgIpc) is 2.68. The highest BCUT2D eigenvalue weighted by Crippen LogP contribution is 2.24. The van der Waals surface area contributed by atoms with E-state index in [0.29, 0.717) is 17.6 Å². The van der Waals surface area contributed by atoms with Gasteiger partial charge in [0.05, 0.1) is 12.7 Å². The van der Waals surface area contributed by atoms with Crippen LogP contribution in [0, 0.1) is 5.41 Å². The van der Waals surface area contributed by atoms with Gasteiger partial charge in [-0.15, -0.1) is 0 Å². The minimum Gasteiger partial charge on any atom is -0.372 e. The van der Waals surface area contributed by atoms with E-state index in [-0.39, 0.29) is 0 Å². The molecule has 0 bridgehead atoms. The number of hydrogen-bond donors (Lipinski definition) is 0. The molecule has 0 aromatic carbocycles. The number of epoxide rings is 1. The van der Waals surface area contributed by atoms with Gasteiger partial charge in [0.25, 0.3) is 0 Å². The second-order valence-electron chi connectivity index (χ2n) is 4.94. The lowest BCUT2D eigenvalue weighted by atomic mass is 9.87. The molecule has 1 rings (SSSR count). The van der Waals surface area contributed by atoms with E-state index in [1.807, 2.05) is 0 Å². The largest absolute Gasteiger partial charge is 0.372 e. The SMILES string of the molecule is CC(N(C)CC1CO1)C(C)(C)C. The third-order valence-electron chi connectivity index (χ3n) is 2.81. The van der Waals surface area contributed by atoms with E-state index < -0.39 is 0 Å². The van der Waals surface area contributed by atoms with Gasteiger partial charge in [-0.05, 0) is 19.4 Å². The van der Waals surface area contributed by atoms with Crippen molar-refractivity contribution in [2.75, 3.05) is 20.2 Å². The molecule has 1 heterocycles. The molecule has 0 aromatic heterocycles. The van der Waals surface area contributed by atoms with Gasteiger partial charge in [-0.3, -0.25) is 0 Å². The van der Waals surface area contributed by atoms with Gasteiger partial charge in [-0.2, -0.15) is 0 Å². The summed E-state index contributed by atoms with van der Waals surface area (Å²) in [6, 6.07) is 0.613. The Bertz CT molecular complexity index is 146. The fourth-order valence-corrected chi connectivity index (χ4v) is 1.31. The van der Waals surface area contributed by atoms with E-state index in [0.717, 1.165) is 13.2 Å². The summed E-state index contributed by atoms with van der Waals surface area (Å²) >= 11 is 0. The Balaban J connectivity index is 2.33. The average molecular weight is 171 g/mol. The molecule has 0 aromatic rings. The second-order valence-corrected chi connectivity index (χ2v) is 4.94. The number of ether oxygens (including phenoxy) is 1. The minimum absolute atomic E-state index is 0.365. The molecule has 2 heteroatoms. The van der Waals surface area contributed by atoms with E-state index in [4.69, 9.17) is 4.74 Å². The van der Waals surface area contributed by atoms with Gasteiger partial charge in [-0.25, -0.2) is 0 Å². The minimum atomic E-state index is 0.365. The highest BCUT2D eigenvalue weighted by atomic mass is 16.6. The quantitative estimate of drug-likeness (QED) is 0.601. The van der Waals surface area contributed by atoms with Gasteiger partial charge in [0.2, 0.25) is 0 Å². The van der Waals surface area contributed by atoms with Crippen molar-refractivity contribution in [3.05, 3.63) is 0 Å². The van der Waals surface area contributed by atoms with Crippen molar-refractivity contribution in [3.63, 3.8) is 0 Å². The van der Waals surface area contributed by atoms with E-state index in [1.165, 1.54) is 0 Å². The van der Waals surface area contributed by atoms with Crippen LogP contribution in [0.25, 0.3) is 0 Å². The molecular weight excluding hydrogens is 150 g/mol. The summed E-state index contributed by atoms with van der Waals surface area (Å²) < 4.78 is 5.20. The van der Waals surface area contributed by atoms with Crippen molar-refractivity contribution < 1.29 is 4.74 Å². The lowest BCUT2D eigenvalue weighted by Gasteiger charge is -2.35. The topological polar surface area (TPSA) is 15.8 Å². The third-order valence-corrected chi connectivity index (χ3v) is 2.81. The van der Waals surface area contributed by atoms with E-state index in [9.17, 15) is 0 Å². The molecule has 0 N–H and O–H groups in total. The summed E-state index contributed by atoms with van der Waals surface area (Å²) in [7, 11) is 2.18. The van der Waals surface area contributed by atoms with Gasteiger partial charge < -0.3 is 9.64 Å². The van der Waals surface area contributed by atoms with Crippen molar-refractivity contribution in [1.29, 1.82) is 0 Å². The predicted molar refractivity (Wildman–Crippen MR) is 51.3 cm³/mol. The van der Waals surface area contributed by atoms with Gasteiger partial charge in [0.15, 0.2) is 0 Å². The van der Waals surface area contributed by atoms with E-state index in [1.54, 1.807) is 0 Å². The number of rotatable bonds is 3. The summed E-state index contributed by atoms with van der Waals surface area (Å²) in [5.41, 5.74) is 0.365. The Kier molecular flexibility index (Phi) is 2.79. The molecule has 1 fully saturated rings. The molecule has 0 aliphatic carbocycles. The van der Waals surface area contributed by atoms with E-state index >= 15 is 0 Å². The number of likely N-dealkylation sites (N-methyl/N-ethyl adjacent to an activating group) is 1. The molecule has 1 saturated heterocycles. The van der Waals surface area contributed by atoms with Crippen LogP contribution in [0.5, 0.6) is 0 Å². The zero-order valence-electron chi connectivity index (χ0n) is 8.92. The fourth-order valence-electron chi connectivity index (χ4n) is 1.31. The summed E-state index contributed by atoms with van der Waals surface area (Å²) in [4.78, 5) is 2.39. The lowest BCUT2D eigenvalue weighted by Crippen LogP contribution is -2.41. The monoisotopic (exact) mass is 171 g/mol. The molecule has 1 aliphatic rings. The zero-order valence-corrected chi connectivity index (χ0v) is 8.92. The van der Waals surface area contributed by atoms with Crippen LogP contribution in [-0.2, 0) is 4.74 Å². The molecule has 0 saturated carbocycles. The third kappa shape index (κ3) is 2.76. The van der Waals surface area contributed by atoms with E-state index in [2.05, 4.69) is 39.6 Å². The van der Waals surface area contributed by atoms with Crippen LogP contribution in [0.2, 0.25) is 0 Å². The fraction of sp³-hybridized carbons (Fsp3) is 1.00. The van der Waals surface area contributed by atoms with Crippen LogP contribution in [0.3, 0.4) is 0 Å². The number of hydrogen-bond acceptors (Lipinski definition) is 2. The van der Waals surface area contributed by atoms with Crippen LogP contribution < -0.4 is 0 Å². The summed E-state index contributed by atoms with van der Waals surface area (Å²) in [6.07, 6.45) is 0.514. The molecule has 12 heavy (non-hydrogen) atoms. The Labute approximate surface area is 75.9 Å². The van der Waals surface area contributed by atoms with Gasteiger partial charge in [-0.1, -0.05) is 20.8 Å². The van der Waals surface area contributed by atoms with Crippen LogP contribution in [0.4, 0.5) is 0 Å². The highest BCUT2D eigenvalue weighted by Gasteiger charge is 2.29. The summed E-state index contributed by atoms with van der Waals surface area (Å²) in [6.45, 7) is 11.2. The zero-order chi connectivity index (χ0) is 9.35. The van der Waals surface area contributed by atoms with Crippen molar-refractivity contribution in [2.45, 2.75) is 39.8 Å². The highest BCUT2D eigenvalue weighted by molar-refractivity contribution is 4.81. The predicted octanol–water partition coefficient (Wildman–Crippen LogP) is 1.75. The Hall–Kier alpha value is -0.0800. The van der Waals surface area contributed by atoms with Crippen molar-refractivity contribution >= 4 is 0 Å². The maximum absolute atomic E-state index is 5.20. The normalized spacial score (nSPS) is 26.0. The number of nitrogens with zero attached hydrogens (tertiary/aromatic N) is 1. The van der Waals surface area contributed by atoms with Crippen molar-refractivity contribution in [2.24, 2.45) is 5.41 Å². The molecule has 2 nitrogen and oxygen atoms in total. The van der Waals surface area contributed by atoms with Gasteiger partial charge in [0.1, 0.15) is 0 Å². The molecule has 2 unspecified atom stereocenters. The standard InChI is InChI=1S/C10H21NO/c1-8(10(2,3)4)11(5)6-9-7-12-9/h8-9H,6-7H2,1-5H3. The molecule has 72 valence electrons. The van der Waals surface area contributed by atoms with Crippen LogP contribution >= 0.6 is 0 Å². The Morgan fingerprint density at radius 2 is 2.00 bits per heavy atom. The van der Waals surface area contributed by atoms with Crippen molar-refractivity contribution in [3.8, 4) is 0 Å². The molecule has 1 aliphatic heterocycles. The van der Waals surface area contributed by atoms with Crippen LogP contribution in [0.1, 0.15) is 27.7 Å². The van der Waals surface area contributed by atoms with Gasteiger partial charge in [0, 0.05) is 12.6 Å². The summed E-state index contributed by atoms with van der Waals surface area (Å²) in [5.74, 6) is 0. The Morgan fingerprint density at radius 3 is 2.33 bits per heavy atom. The Morgan fingerprint density at radius 1 is 1.50 bits per heavy atom. The summed E-state index contributed by atoms with van der Waals surface area (Å²) in [5, 5.41) is 0. The van der Waals surface area contributed by atoms with Gasteiger partial charge >= 0.3 is 0 Å². The first kappa shape index (κ1) is 10.0. The van der Waals surface area contributed by atoms with Crippen LogP contribution in [0.15, 0.2) is 0 Å². The first-order chi connectivity index (χ1) is 5.41. The second kappa shape index (κ2) is 3.35. The smallest absolute Gasteiger partial charge is 0.0936 e. The molecular formula is C10H21NO. The lowest BCUT2D eigenvalue weighted by molar-refractivity contribution is 0.131. The molecule has 0 radical (unpaired) electrons. The van der Waals surface area contributed by atoms with Crippen molar-refractivity contribution in [1.82, 2.24) is 4.90 Å². The first-order valence-electron chi connectivity index (χ1n) is 4.73. The molecule has 2 atom stereocenters. The molecule has 0 spiro atoms. The van der Waals surface area contributed by atoms with Crippen LogP contribution in [-0.4, -0.2) is 37.2 Å². The molecule has 0 amide bonds. The maximum Gasteiger partial charge on any atom is 0.0936 e. The maximum atomic E-state index is 5.20.